The lowest BCUT2D eigenvalue weighted by atomic mass is 10.3. The zero-order valence-corrected chi connectivity index (χ0v) is 13.8. The minimum Gasteiger partial charge on any atom is -0.464 e. The minimum atomic E-state index is -0.473. The molecule has 23 heavy (non-hydrogen) atoms. The maximum atomic E-state index is 12.3. The fourth-order valence-corrected chi connectivity index (χ4v) is 3.38. The van der Waals surface area contributed by atoms with Crippen LogP contribution in [0.1, 0.15) is 10.5 Å². The van der Waals surface area contributed by atoms with Crippen LogP contribution in [0.3, 0.4) is 0 Å². The Balaban J connectivity index is 1.88. The summed E-state index contributed by atoms with van der Waals surface area (Å²) in [5.74, 6) is -0.743. The van der Waals surface area contributed by atoms with Crippen molar-refractivity contribution in [1.82, 2.24) is 4.57 Å². The van der Waals surface area contributed by atoms with Gasteiger partial charge in [-0.2, -0.15) is 0 Å². The second-order valence-corrected chi connectivity index (χ2v) is 6.12. The molecule has 0 aliphatic heterocycles. The van der Waals surface area contributed by atoms with E-state index >= 15 is 0 Å². The first-order chi connectivity index (χ1) is 11.1. The number of carbonyl (C=O) groups is 2. The van der Waals surface area contributed by atoms with Gasteiger partial charge in [0.05, 0.1) is 17.8 Å². The van der Waals surface area contributed by atoms with Crippen LogP contribution in [0, 0.1) is 0 Å². The minimum absolute atomic E-state index is 0.000328. The molecule has 0 radical (unpaired) electrons. The number of carbonyl (C=O) groups excluding carboxylic acids is 2. The van der Waals surface area contributed by atoms with E-state index in [0.29, 0.717) is 16.4 Å². The summed E-state index contributed by atoms with van der Waals surface area (Å²) in [4.78, 5) is 25.1. The third-order valence-electron chi connectivity index (χ3n) is 3.35. The molecule has 2 heterocycles. The van der Waals surface area contributed by atoms with Gasteiger partial charge < -0.3 is 14.6 Å². The van der Waals surface area contributed by atoms with Gasteiger partial charge >= 0.3 is 5.97 Å². The van der Waals surface area contributed by atoms with Gasteiger partial charge in [0, 0.05) is 5.39 Å². The van der Waals surface area contributed by atoms with Gasteiger partial charge in [-0.15, -0.1) is 11.3 Å². The third kappa shape index (κ3) is 3.09. The van der Waals surface area contributed by atoms with Crippen molar-refractivity contribution in [2.45, 2.75) is 6.54 Å². The summed E-state index contributed by atoms with van der Waals surface area (Å²) >= 11 is 7.50. The Labute approximate surface area is 141 Å². The number of nitrogens with one attached hydrogen (secondary N) is 1. The molecule has 0 spiro atoms. The molecule has 7 heteroatoms. The lowest BCUT2D eigenvalue weighted by molar-refractivity contribution is -0.116. The van der Waals surface area contributed by atoms with Crippen LogP contribution >= 0.6 is 22.9 Å². The maximum Gasteiger partial charge on any atom is 0.354 e. The second kappa shape index (κ2) is 6.44. The number of benzene rings is 1. The number of thiophene rings is 1. The smallest absolute Gasteiger partial charge is 0.354 e. The number of aromatic nitrogens is 1. The Bertz CT molecular complexity index is 884. The lowest BCUT2D eigenvalue weighted by Crippen LogP contribution is -2.21. The molecule has 0 bridgehead atoms. The highest BCUT2D eigenvalue weighted by atomic mass is 35.5. The molecule has 0 unspecified atom stereocenters. The van der Waals surface area contributed by atoms with E-state index in [1.54, 1.807) is 34.9 Å². The number of para-hydroxylation sites is 1. The van der Waals surface area contributed by atoms with E-state index in [4.69, 9.17) is 16.3 Å². The third-order valence-corrected chi connectivity index (χ3v) is 4.63. The molecule has 1 amide bonds. The summed E-state index contributed by atoms with van der Waals surface area (Å²) in [7, 11) is 1.32. The summed E-state index contributed by atoms with van der Waals surface area (Å²) in [5, 5.41) is 6.03. The van der Waals surface area contributed by atoms with Crippen molar-refractivity contribution in [2.24, 2.45) is 0 Å². The van der Waals surface area contributed by atoms with Crippen LogP contribution in [0.15, 0.2) is 41.8 Å². The molecule has 3 rings (SSSR count). The molecule has 0 aliphatic carbocycles. The normalized spacial score (nSPS) is 10.7. The number of hydrogen-bond donors (Lipinski definition) is 1. The molecule has 0 fully saturated rings. The topological polar surface area (TPSA) is 60.3 Å². The zero-order chi connectivity index (χ0) is 16.4. The molecule has 0 atom stereocenters. The first-order valence-corrected chi connectivity index (χ1v) is 8.05. The Kier molecular flexibility index (Phi) is 4.36. The molecule has 0 saturated carbocycles. The van der Waals surface area contributed by atoms with Gasteiger partial charge in [-0.05, 0) is 29.6 Å². The summed E-state index contributed by atoms with van der Waals surface area (Å²) in [6.07, 6.45) is 0. The zero-order valence-electron chi connectivity index (χ0n) is 12.2. The number of rotatable bonds is 4. The second-order valence-electron chi connectivity index (χ2n) is 4.82. The van der Waals surface area contributed by atoms with Crippen molar-refractivity contribution in [3.05, 3.63) is 52.5 Å². The van der Waals surface area contributed by atoms with E-state index in [-0.39, 0.29) is 12.5 Å². The number of anilines is 1. The molecule has 3 aromatic rings. The van der Waals surface area contributed by atoms with E-state index in [9.17, 15) is 9.59 Å². The predicted octanol–water partition coefficient (Wildman–Crippen LogP) is 3.78. The summed E-state index contributed by atoms with van der Waals surface area (Å²) in [6.45, 7) is -0.000328. The van der Waals surface area contributed by atoms with Crippen LogP contribution < -0.4 is 5.32 Å². The maximum absolute atomic E-state index is 12.3. The molecule has 0 aliphatic rings. The van der Waals surface area contributed by atoms with Crippen LogP contribution in [-0.2, 0) is 16.1 Å². The first-order valence-electron chi connectivity index (χ1n) is 6.79. The molecular weight excluding hydrogens is 336 g/mol. The highest BCUT2D eigenvalue weighted by Gasteiger charge is 2.19. The number of nitrogens with zero attached hydrogens (tertiary/aromatic N) is 1. The number of ether oxygens (including phenoxy) is 1. The number of halogens is 1. The lowest BCUT2D eigenvalue weighted by Gasteiger charge is -2.10. The molecule has 0 saturated heterocycles. The van der Waals surface area contributed by atoms with Gasteiger partial charge in [-0.3, -0.25) is 4.79 Å². The number of esters is 1. The first kappa shape index (κ1) is 15.6. The van der Waals surface area contributed by atoms with Crippen molar-refractivity contribution in [1.29, 1.82) is 0 Å². The SMILES string of the molecule is COC(=O)c1cc2ccsc2n1CC(=O)Nc1ccccc1Cl. The predicted molar refractivity (Wildman–Crippen MR) is 91.2 cm³/mol. The van der Waals surface area contributed by atoms with Gasteiger partial charge in [0.15, 0.2) is 0 Å². The Morgan fingerprint density at radius 3 is 2.83 bits per heavy atom. The van der Waals surface area contributed by atoms with E-state index in [2.05, 4.69) is 5.32 Å². The van der Waals surface area contributed by atoms with Crippen molar-refractivity contribution in [3.8, 4) is 0 Å². The summed E-state index contributed by atoms with van der Waals surface area (Å²) < 4.78 is 6.44. The van der Waals surface area contributed by atoms with Gasteiger partial charge in [-0.1, -0.05) is 23.7 Å². The average Bonchev–Trinajstić information content (AvgIpc) is 3.11. The van der Waals surface area contributed by atoms with Crippen LogP contribution in [0.4, 0.5) is 5.69 Å². The average molecular weight is 349 g/mol. The molecule has 2 aromatic heterocycles. The highest BCUT2D eigenvalue weighted by Crippen LogP contribution is 2.26. The number of amides is 1. The van der Waals surface area contributed by atoms with Gasteiger partial charge in [0.25, 0.3) is 0 Å². The van der Waals surface area contributed by atoms with Crippen molar-refractivity contribution < 1.29 is 14.3 Å². The van der Waals surface area contributed by atoms with Crippen LogP contribution in [0.2, 0.25) is 5.02 Å². The van der Waals surface area contributed by atoms with E-state index < -0.39 is 5.97 Å². The van der Waals surface area contributed by atoms with E-state index in [0.717, 1.165) is 10.2 Å². The Hall–Kier alpha value is -2.31. The van der Waals surface area contributed by atoms with Crippen LogP contribution in [-0.4, -0.2) is 23.6 Å². The van der Waals surface area contributed by atoms with Crippen LogP contribution in [0.5, 0.6) is 0 Å². The Morgan fingerprint density at radius 1 is 1.30 bits per heavy atom. The molecular formula is C16H13ClN2O3S. The molecule has 1 N–H and O–H groups in total. The molecule has 1 aromatic carbocycles. The van der Waals surface area contributed by atoms with Gasteiger partial charge in [0.2, 0.25) is 5.91 Å². The van der Waals surface area contributed by atoms with E-state index in [1.807, 2.05) is 11.4 Å². The number of fused-ring (bicyclic) bond motifs is 1. The quantitative estimate of drug-likeness (QED) is 0.730. The van der Waals surface area contributed by atoms with Crippen molar-refractivity contribution in [2.75, 3.05) is 12.4 Å². The van der Waals surface area contributed by atoms with Crippen LogP contribution in [0.25, 0.3) is 10.2 Å². The monoisotopic (exact) mass is 348 g/mol. The standard InChI is InChI=1S/C16H13ClN2O3S/c1-22-16(21)13-8-10-6-7-23-15(10)19(13)9-14(20)18-12-5-3-2-4-11(12)17/h2-8H,9H2,1H3,(H,18,20). The van der Waals surface area contributed by atoms with Gasteiger partial charge in [0.1, 0.15) is 17.1 Å². The fraction of sp³-hybridized carbons (Fsp3) is 0.125. The number of hydrogen-bond acceptors (Lipinski definition) is 4. The van der Waals surface area contributed by atoms with Crippen molar-refractivity contribution in [3.63, 3.8) is 0 Å². The highest BCUT2D eigenvalue weighted by molar-refractivity contribution is 7.16. The fourth-order valence-electron chi connectivity index (χ4n) is 2.30. The largest absolute Gasteiger partial charge is 0.464 e. The molecule has 5 nitrogen and oxygen atoms in total. The summed E-state index contributed by atoms with van der Waals surface area (Å²) in [6, 6.07) is 10.6. The summed E-state index contributed by atoms with van der Waals surface area (Å²) in [5.41, 5.74) is 0.886. The Morgan fingerprint density at radius 2 is 2.09 bits per heavy atom. The van der Waals surface area contributed by atoms with Gasteiger partial charge in [-0.25, -0.2) is 4.79 Å². The van der Waals surface area contributed by atoms with E-state index in [1.165, 1.54) is 18.4 Å². The number of methoxy groups -OCH3 is 1. The van der Waals surface area contributed by atoms with Crippen molar-refractivity contribution >= 4 is 50.7 Å². The molecule has 118 valence electrons.